The second-order valence-corrected chi connectivity index (χ2v) is 8.39. The lowest BCUT2D eigenvalue weighted by molar-refractivity contribution is 0.0110. The second-order valence-electron chi connectivity index (χ2n) is 8.39. The Hall–Kier alpha value is -0.0800. The molecule has 2 unspecified atom stereocenters. The van der Waals surface area contributed by atoms with Crippen LogP contribution in [0.15, 0.2) is 0 Å². The molecule has 0 amide bonds. The van der Waals surface area contributed by atoms with Crippen LogP contribution in [-0.2, 0) is 0 Å². The summed E-state index contributed by atoms with van der Waals surface area (Å²) in [5.74, 6) is 1.74. The highest BCUT2D eigenvalue weighted by Crippen LogP contribution is 2.46. The smallest absolute Gasteiger partial charge is 0.0334 e. The van der Waals surface area contributed by atoms with Gasteiger partial charge in [0.15, 0.2) is 0 Å². The van der Waals surface area contributed by atoms with E-state index in [0.29, 0.717) is 11.0 Å². The lowest BCUT2D eigenvalue weighted by atomic mass is 9.65. The largest absolute Gasteiger partial charge is 0.329 e. The van der Waals surface area contributed by atoms with Crippen molar-refractivity contribution in [3.63, 3.8) is 0 Å². The second kappa shape index (κ2) is 5.96. The van der Waals surface area contributed by atoms with Crippen molar-refractivity contribution < 1.29 is 0 Å². The summed E-state index contributed by atoms with van der Waals surface area (Å²) in [6.45, 7) is 14.2. The van der Waals surface area contributed by atoms with Gasteiger partial charge in [-0.1, -0.05) is 34.1 Å². The van der Waals surface area contributed by atoms with E-state index in [9.17, 15) is 0 Å². The minimum Gasteiger partial charge on any atom is -0.329 e. The number of hydrogen-bond donors (Lipinski definition) is 1. The van der Waals surface area contributed by atoms with Crippen molar-refractivity contribution in [2.75, 3.05) is 13.1 Å². The summed E-state index contributed by atoms with van der Waals surface area (Å²) < 4.78 is 0. The van der Waals surface area contributed by atoms with Crippen molar-refractivity contribution in [1.29, 1.82) is 0 Å². The molecule has 0 bridgehead atoms. The highest BCUT2D eigenvalue weighted by Gasteiger charge is 2.46. The molecule has 1 heterocycles. The van der Waals surface area contributed by atoms with E-state index in [4.69, 9.17) is 5.73 Å². The Morgan fingerprint density at radius 1 is 1.20 bits per heavy atom. The Labute approximate surface area is 126 Å². The van der Waals surface area contributed by atoms with Crippen LogP contribution in [0.1, 0.15) is 73.1 Å². The molecule has 2 N–H and O–H groups in total. The summed E-state index contributed by atoms with van der Waals surface area (Å²) in [5.41, 5.74) is 7.09. The van der Waals surface area contributed by atoms with Gasteiger partial charge >= 0.3 is 0 Å². The summed E-state index contributed by atoms with van der Waals surface area (Å²) in [4.78, 5) is 2.77. The molecule has 0 aromatic carbocycles. The van der Waals surface area contributed by atoms with Gasteiger partial charge < -0.3 is 5.73 Å². The first-order valence-electron chi connectivity index (χ1n) is 8.81. The van der Waals surface area contributed by atoms with E-state index in [1.165, 1.54) is 45.1 Å². The van der Waals surface area contributed by atoms with Gasteiger partial charge in [0.1, 0.15) is 0 Å². The van der Waals surface area contributed by atoms with Crippen LogP contribution in [0.5, 0.6) is 0 Å². The number of rotatable bonds is 4. The standard InChI is InChI=1S/C18H36N2/c1-6-17(4,5)16-7-9-18(13-19,10-8-16)20-12-14(2)11-15(20)3/h14-16H,6-13,19H2,1-5H3. The number of nitrogens with zero attached hydrogens (tertiary/aromatic N) is 1. The van der Waals surface area contributed by atoms with Gasteiger partial charge in [0.2, 0.25) is 0 Å². The molecule has 0 aromatic heterocycles. The van der Waals surface area contributed by atoms with Crippen LogP contribution >= 0.6 is 0 Å². The van der Waals surface area contributed by atoms with Crippen LogP contribution in [-0.4, -0.2) is 29.6 Å². The zero-order chi connectivity index (χ0) is 15.0. The van der Waals surface area contributed by atoms with Gasteiger partial charge in [0.25, 0.3) is 0 Å². The zero-order valence-electron chi connectivity index (χ0n) is 14.4. The van der Waals surface area contributed by atoms with Gasteiger partial charge in [-0.05, 0) is 56.3 Å². The molecule has 20 heavy (non-hydrogen) atoms. The van der Waals surface area contributed by atoms with Gasteiger partial charge in [-0.2, -0.15) is 0 Å². The molecule has 1 aliphatic heterocycles. The molecule has 2 rings (SSSR count). The summed E-state index contributed by atoms with van der Waals surface area (Å²) >= 11 is 0. The number of nitrogens with two attached hydrogens (primary N) is 1. The fourth-order valence-corrected chi connectivity index (χ4v) is 4.79. The number of hydrogen-bond acceptors (Lipinski definition) is 2. The number of likely N-dealkylation sites (tertiary alicyclic amines) is 1. The van der Waals surface area contributed by atoms with E-state index in [2.05, 4.69) is 39.5 Å². The maximum absolute atomic E-state index is 6.27. The molecule has 1 saturated carbocycles. The minimum atomic E-state index is 0.310. The molecule has 0 aromatic rings. The molecule has 2 fully saturated rings. The molecular weight excluding hydrogens is 244 g/mol. The van der Waals surface area contributed by atoms with E-state index in [1.54, 1.807) is 0 Å². The third kappa shape index (κ3) is 2.92. The molecule has 1 saturated heterocycles. The molecule has 1 aliphatic carbocycles. The molecule has 2 atom stereocenters. The fourth-order valence-electron chi connectivity index (χ4n) is 4.79. The van der Waals surface area contributed by atoms with Crippen molar-refractivity contribution in [2.45, 2.75) is 84.7 Å². The SMILES string of the molecule is CCC(C)(C)C1CCC(CN)(N2CC(C)CC2C)CC1. The van der Waals surface area contributed by atoms with Crippen LogP contribution in [0.25, 0.3) is 0 Å². The monoisotopic (exact) mass is 280 g/mol. The van der Waals surface area contributed by atoms with Crippen molar-refractivity contribution in [3.05, 3.63) is 0 Å². The summed E-state index contributed by atoms with van der Waals surface area (Å²) in [6, 6.07) is 0.726. The third-order valence-electron chi connectivity index (χ3n) is 6.71. The average molecular weight is 280 g/mol. The fraction of sp³-hybridized carbons (Fsp3) is 1.00. The maximum Gasteiger partial charge on any atom is 0.0334 e. The van der Waals surface area contributed by atoms with Gasteiger partial charge in [-0.25, -0.2) is 0 Å². The highest BCUT2D eigenvalue weighted by atomic mass is 15.3. The first-order chi connectivity index (χ1) is 9.34. The normalized spacial score (nSPS) is 40.2. The van der Waals surface area contributed by atoms with Crippen LogP contribution in [0.3, 0.4) is 0 Å². The minimum absolute atomic E-state index is 0.310. The predicted octanol–water partition coefficient (Wildman–Crippen LogP) is 4.04. The first kappa shape index (κ1) is 16.3. The lowest BCUT2D eigenvalue weighted by Gasteiger charge is -2.50. The molecule has 0 spiro atoms. The molecule has 2 aliphatic rings. The van der Waals surface area contributed by atoms with Crippen molar-refractivity contribution in [2.24, 2.45) is 23.0 Å². The third-order valence-corrected chi connectivity index (χ3v) is 6.71. The Morgan fingerprint density at radius 2 is 1.80 bits per heavy atom. The van der Waals surface area contributed by atoms with Gasteiger partial charge in [0.05, 0.1) is 0 Å². The first-order valence-corrected chi connectivity index (χ1v) is 8.81. The van der Waals surface area contributed by atoms with E-state index >= 15 is 0 Å². The summed E-state index contributed by atoms with van der Waals surface area (Å²) in [7, 11) is 0. The molecule has 0 radical (unpaired) electrons. The summed E-state index contributed by atoms with van der Waals surface area (Å²) in [5, 5.41) is 0. The quantitative estimate of drug-likeness (QED) is 0.842. The van der Waals surface area contributed by atoms with E-state index in [-0.39, 0.29) is 0 Å². The topological polar surface area (TPSA) is 29.3 Å². The van der Waals surface area contributed by atoms with Gasteiger partial charge in [0, 0.05) is 24.7 Å². The molecular formula is C18H36N2. The molecule has 2 nitrogen and oxygen atoms in total. The van der Waals surface area contributed by atoms with Gasteiger partial charge in [-0.3, -0.25) is 4.90 Å². The van der Waals surface area contributed by atoms with Crippen LogP contribution in [0.4, 0.5) is 0 Å². The van der Waals surface area contributed by atoms with Crippen LogP contribution in [0, 0.1) is 17.3 Å². The van der Waals surface area contributed by atoms with Crippen molar-refractivity contribution in [3.8, 4) is 0 Å². The van der Waals surface area contributed by atoms with Crippen molar-refractivity contribution in [1.82, 2.24) is 4.90 Å². The maximum atomic E-state index is 6.27. The van der Waals surface area contributed by atoms with E-state index in [1.807, 2.05) is 0 Å². The average Bonchev–Trinajstić information content (AvgIpc) is 2.78. The van der Waals surface area contributed by atoms with Gasteiger partial charge in [-0.15, -0.1) is 0 Å². The Balaban J connectivity index is 2.05. The predicted molar refractivity (Wildman–Crippen MR) is 87.8 cm³/mol. The highest BCUT2D eigenvalue weighted by molar-refractivity contribution is 5.01. The zero-order valence-corrected chi connectivity index (χ0v) is 14.4. The Morgan fingerprint density at radius 3 is 2.20 bits per heavy atom. The van der Waals surface area contributed by atoms with E-state index < -0.39 is 0 Å². The van der Waals surface area contributed by atoms with Crippen LogP contribution < -0.4 is 5.73 Å². The Bertz CT molecular complexity index is 315. The summed E-state index contributed by atoms with van der Waals surface area (Å²) in [6.07, 6.45) is 8.02. The van der Waals surface area contributed by atoms with Crippen LogP contribution in [0.2, 0.25) is 0 Å². The lowest BCUT2D eigenvalue weighted by Crippen LogP contribution is -2.57. The Kier molecular flexibility index (Phi) is 4.86. The van der Waals surface area contributed by atoms with Crippen molar-refractivity contribution >= 4 is 0 Å². The molecule has 2 heteroatoms. The molecule has 118 valence electrons. The van der Waals surface area contributed by atoms with E-state index in [0.717, 1.165) is 24.4 Å².